The SMILES string of the molecule is Cc1cccnc1C(=O)Cc1nccs1. The van der Waals surface area contributed by atoms with E-state index in [1.165, 1.54) is 11.3 Å². The monoisotopic (exact) mass is 218 g/mol. The molecule has 0 spiro atoms. The van der Waals surface area contributed by atoms with Gasteiger partial charge in [-0.25, -0.2) is 4.98 Å². The Labute approximate surface area is 91.8 Å². The van der Waals surface area contributed by atoms with Crippen LogP contribution < -0.4 is 0 Å². The van der Waals surface area contributed by atoms with Gasteiger partial charge in [0.15, 0.2) is 5.78 Å². The molecule has 4 heteroatoms. The van der Waals surface area contributed by atoms with E-state index in [2.05, 4.69) is 9.97 Å². The van der Waals surface area contributed by atoms with E-state index in [0.29, 0.717) is 12.1 Å². The molecule has 0 bridgehead atoms. The Bertz CT molecular complexity index is 465. The first-order chi connectivity index (χ1) is 7.27. The van der Waals surface area contributed by atoms with Crippen LogP contribution in [0.5, 0.6) is 0 Å². The van der Waals surface area contributed by atoms with Gasteiger partial charge in [0.1, 0.15) is 10.7 Å². The first-order valence-corrected chi connectivity index (χ1v) is 5.48. The zero-order valence-electron chi connectivity index (χ0n) is 8.30. The second-order valence-corrected chi connectivity index (χ2v) is 4.17. The average molecular weight is 218 g/mol. The Hall–Kier alpha value is -1.55. The second-order valence-electron chi connectivity index (χ2n) is 3.19. The van der Waals surface area contributed by atoms with Crippen LogP contribution in [0.25, 0.3) is 0 Å². The Kier molecular flexibility index (Phi) is 2.87. The average Bonchev–Trinajstić information content (AvgIpc) is 2.71. The number of aromatic nitrogens is 2. The number of nitrogens with zero attached hydrogens (tertiary/aromatic N) is 2. The van der Waals surface area contributed by atoms with E-state index in [4.69, 9.17) is 0 Å². The number of Topliss-reactive ketones (excluding diaryl/α,β-unsaturated/α-hetero) is 1. The molecule has 3 nitrogen and oxygen atoms in total. The van der Waals surface area contributed by atoms with Crippen LogP contribution in [0.1, 0.15) is 21.1 Å². The summed E-state index contributed by atoms with van der Waals surface area (Å²) < 4.78 is 0. The molecule has 0 amide bonds. The molecule has 0 aliphatic rings. The van der Waals surface area contributed by atoms with Gasteiger partial charge in [0, 0.05) is 17.8 Å². The highest BCUT2D eigenvalue weighted by molar-refractivity contribution is 7.09. The van der Waals surface area contributed by atoms with E-state index in [-0.39, 0.29) is 5.78 Å². The summed E-state index contributed by atoms with van der Waals surface area (Å²) in [6.45, 7) is 1.89. The topological polar surface area (TPSA) is 42.9 Å². The van der Waals surface area contributed by atoms with E-state index in [0.717, 1.165) is 10.6 Å². The van der Waals surface area contributed by atoms with E-state index in [9.17, 15) is 4.79 Å². The van der Waals surface area contributed by atoms with Crippen molar-refractivity contribution in [1.82, 2.24) is 9.97 Å². The highest BCUT2D eigenvalue weighted by atomic mass is 32.1. The molecule has 0 unspecified atom stereocenters. The van der Waals surface area contributed by atoms with Gasteiger partial charge >= 0.3 is 0 Å². The number of rotatable bonds is 3. The maximum Gasteiger partial charge on any atom is 0.188 e. The quantitative estimate of drug-likeness (QED) is 0.742. The van der Waals surface area contributed by atoms with Crippen LogP contribution in [-0.4, -0.2) is 15.8 Å². The predicted octanol–water partition coefficient (Wildman–Crippen LogP) is 2.27. The van der Waals surface area contributed by atoms with E-state index in [1.54, 1.807) is 12.4 Å². The van der Waals surface area contributed by atoms with Crippen molar-refractivity contribution in [2.24, 2.45) is 0 Å². The molecule has 15 heavy (non-hydrogen) atoms. The van der Waals surface area contributed by atoms with Crippen molar-refractivity contribution >= 4 is 17.1 Å². The summed E-state index contributed by atoms with van der Waals surface area (Å²) in [6, 6.07) is 3.72. The minimum absolute atomic E-state index is 0.0306. The Morgan fingerprint density at radius 2 is 2.27 bits per heavy atom. The molecule has 2 heterocycles. The van der Waals surface area contributed by atoms with Gasteiger partial charge in [0.05, 0.1) is 6.42 Å². The lowest BCUT2D eigenvalue weighted by atomic mass is 10.1. The van der Waals surface area contributed by atoms with Crippen molar-refractivity contribution in [3.63, 3.8) is 0 Å². The summed E-state index contributed by atoms with van der Waals surface area (Å²) >= 11 is 1.49. The van der Waals surface area contributed by atoms with Crippen LogP contribution in [-0.2, 0) is 6.42 Å². The molecule has 2 aromatic rings. The molecule has 0 aliphatic carbocycles. The first-order valence-electron chi connectivity index (χ1n) is 4.60. The molecule has 2 aromatic heterocycles. The lowest BCUT2D eigenvalue weighted by molar-refractivity contribution is 0.0987. The minimum Gasteiger partial charge on any atom is -0.292 e. The fraction of sp³-hybridized carbons (Fsp3) is 0.182. The molecule has 0 atom stereocenters. The zero-order chi connectivity index (χ0) is 10.7. The molecule has 0 saturated heterocycles. The predicted molar refractivity (Wildman–Crippen MR) is 59.1 cm³/mol. The third-order valence-corrected chi connectivity index (χ3v) is 2.85. The highest BCUT2D eigenvalue weighted by Crippen LogP contribution is 2.10. The lowest BCUT2D eigenvalue weighted by Crippen LogP contribution is -2.07. The van der Waals surface area contributed by atoms with E-state index < -0.39 is 0 Å². The fourth-order valence-corrected chi connectivity index (χ4v) is 1.95. The molecule has 2 rings (SSSR count). The molecule has 0 radical (unpaired) electrons. The molecular weight excluding hydrogens is 208 g/mol. The third-order valence-electron chi connectivity index (χ3n) is 2.07. The maximum atomic E-state index is 11.8. The van der Waals surface area contributed by atoms with Crippen LogP contribution in [0.2, 0.25) is 0 Å². The van der Waals surface area contributed by atoms with Crippen molar-refractivity contribution < 1.29 is 4.79 Å². The number of thiazole rings is 1. The number of hydrogen-bond donors (Lipinski definition) is 0. The Morgan fingerprint density at radius 1 is 1.40 bits per heavy atom. The van der Waals surface area contributed by atoms with Gasteiger partial charge in [0.25, 0.3) is 0 Å². The van der Waals surface area contributed by atoms with Crippen molar-refractivity contribution in [1.29, 1.82) is 0 Å². The minimum atomic E-state index is 0.0306. The molecule has 0 fully saturated rings. The molecule has 0 aliphatic heterocycles. The number of carbonyl (C=O) groups is 1. The van der Waals surface area contributed by atoms with Crippen LogP contribution >= 0.6 is 11.3 Å². The zero-order valence-corrected chi connectivity index (χ0v) is 9.12. The summed E-state index contributed by atoms with van der Waals surface area (Å²) in [5, 5.41) is 2.71. The van der Waals surface area contributed by atoms with Crippen LogP contribution in [0.15, 0.2) is 29.9 Å². The summed E-state index contributed by atoms with van der Waals surface area (Å²) in [6.07, 6.45) is 3.69. The van der Waals surface area contributed by atoms with Crippen molar-refractivity contribution in [2.75, 3.05) is 0 Å². The Morgan fingerprint density at radius 3 is 2.93 bits per heavy atom. The van der Waals surface area contributed by atoms with Crippen LogP contribution in [0, 0.1) is 6.92 Å². The van der Waals surface area contributed by atoms with E-state index in [1.807, 2.05) is 24.4 Å². The third kappa shape index (κ3) is 2.27. The molecular formula is C11H10N2OS. The highest BCUT2D eigenvalue weighted by Gasteiger charge is 2.11. The van der Waals surface area contributed by atoms with Crippen LogP contribution in [0.3, 0.4) is 0 Å². The van der Waals surface area contributed by atoms with Gasteiger partial charge in [0.2, 0.25) is 0 Å². The molecule has 76 valence electrons. The van der Waals surface area contributed by atoms with Gasteiger partial charge in [-0.2, -0.15) is 0 Å². The second kappa shape index (κ2) is 4.31. The Balaban J connectivity index is 2.19. The number of pyridine rings is 1. The normalized spacial score (nSPS) is 10.2. The van der Waals surface area contributed by atoms with Crippen molar-refractivity contribution in [2.45, 2.75) is 13.3 Å². The maximum absolute atomic E-state index is 11.8. The van der Waals surface area contributed by atoms with Crippen LogP contribution in [0.4, 0.5) is 0 Å². The summed E-state index contributed by atoms with van der Waals surface area (Å²) in [5.74, 6) is 0.0306. The number of ketones is 1. The number of aryl methyl sites for hydroxylation is 1. The first kappa shape index (κ1) is 9.98. The van der Waals surface area contributed by atoms with Gasteiger partial charge in [-0.05, 0) is 18.6 Å². The smallest absolute Gasteiger partial charge is 0.188 e. The largest absolute Gasteiger partial charge is 0.292 e. The number of hydrogen-bond acceptors (Lipinski definition) is 4. The fourth-order valence-electron chi connectivity index (χ4n) is 1.34. The van der Waals surface area contributed by atoms with Gasteiger partial charge in [-0.1, -0.05) is 6.07 Å². The van der Waals surface area contributed by atoms with E-state index >= 15 is 0 Å². The van der Waals surface area contributed by atoms with Crippen molar-refractivity contribution in [3.8, 4) is 0 Å². The van der Waals surface area contributed by atoms with Gasteiger partial charge in [-0.3, -0.25) is 9.78 Å². The molecule has 0 N–H and O–H groups in total. The summed E-state index contributed by atoms with van der Waals surface area (Å²) in [4.78, 5) is 20.0. The standard InChI is InChI=1S/C11H10N2OS/c1-8-3-2-4-13-11(8)9(14)7-10-12-5-6-15-10/h2-6H,7H2,1H3. The number of carbonyl (C=O) groups excluding carboxylic acids is 1. The lowest BCUT2D eigenvalue weighted by Gasteiger charge is -2.01. The van der Waals surface area contributed by atoms with Gasteiger partial charge in [-0.15, -0.1) is 11.3 Å². The van der Waals surface area contributed by atoms with Crippen molar-refractivity contribution in [3.05, 3.63) is 46.2 Å². The molecule has 0 aromatic carbocycles. The summed E-state index contributed by atoms with van der Waals surface area (Å²) in [5.41, 5.74) is 1.46. The molecule has 0 saturated carbocycles. The van der Waals surface area contributed by atoms with Gasteiger partial charge < -0.3 is 0 Å². The summed E-state index contributed by atoms with van der Waals surface area (Å²) in [7, 11) is 0.